The molecule has 2 heterocycles. The Hall–Kier alpha value is -2.55. The van der Waals surface area contributed by atoms with E-state index in [0.717, 1.165) is 25.9 Å². The van der Waals surface area contributed by atoms with Crippen LogP contribution in [0.15, 0.2) is 24.3 Å². The zero-order chi connectivity index (χ0) is 18.5. The van der Waals surface area contributed by atoms with Crippen LogP contribution in [-0.2, 0) is 6.54 Å². The van der Waals surface area contributed by atoms with Gasteiger partial charge in [0.15, 0.2) is 5.69 Å². The molecule has 0 atom stereocenters. The number of aromatic nitrogens is 3. The van der Waals surface area contributed by atoms with Gasteiger partial charge in [-0.1, -0.05) is 23.4 Å². The van der Waals surface area contributed by atoms with Crippen molar-refractivity contribution >= 4 is 5.91 Å². The number of hydrogen-bond donors (Lipinski definition) is 2. The molecule has 0 saturated carbocycles. The van der Waals surface area contributed by atoms with Crippen molar-refractivity contribution in [2.75, 3.05) is 13.1 Å². The van der Waals surface area contributed by atoms with Crippen LogP contribution in [0.25, 0.3) is 0 Å². The summed E-state index contributed by atoms with van der Waals surface area (Å²) >= 11 is 0. The largest absolute Gasteiger partial charge is 0.434 e. The lowest BCUT2D eigenvalue weighted by Gasteiger charge is -2.23. The number of amides is 1. The third-order valence-corrected chi connectivity index (χ3v) is 4.43. The Kier molecular flexibility index (Phi) is 5.77. The summed E-state index contributed by atoms with van der Waals surface area (Å²) < 4.78 is 31.2. The highest BCUT2D eigenvalue weighted by Gasteiger charge is 2.23. The summed E-state index contributed by atoms with van der Waals surface area (Å²) in [6.45, 7) is 0.768. The molecule has 1 saturated heterocycles. The van der Waals surface area contributed by atoms with E-state index >= 15 is 0 Å². The van der Waals surface area contributed by atoms with E-state index < -0.39 is 12.5 Å². The van der Waals surface area contributed by atoms with E-state index in [1.54, 1.807) is 22.9 Å². The van der Waals surface area contributed by atoms with E-state index in [1.165, 1.54) is 6.07 Å². The SMILES string of the molecule is Cc1c(C(=O)NCc2ccccc2OC(F)F)nnn1C1CCNCC1. The number of rotatable bonds is 6. The minimum absolute atomic E-state index is 0.0397. The van der Waals surface area contributed by atoms with E-state index in [-0.39, 0.29) is 24.0 Å². The lowest BCUT2D eigenvalue weighted by molar-refractivity contribution is -0.0504. The molecule has 0 aliphatic carbocycles. The first-order valence-corrected chi connectivity index (χ1v) is 8.49. The molecule has 1 aliphatic heterocycles. The average molecular weight is 365 g/mol. The second-order valence-electron chi connectivity index (χ2n) is 6.12. The maximum atomic E-state index is 12.5. The monoisotopic (exact) mass is 365 g/mol. The molecule has 140 valence electrons. The van der Waals surface area contributed by atoms with Gasteiger partial charge in [0.1, 0.15) is 5.75 Å². The molecule has 2 N–H and O–H groups in total. The number of halogens is 2. The number of ether oxygens (including phenoxy) is 1. The topological polar surface area (TPSA) is 81.1 Å². The zero-order valence-corrected chi connectivity index (χ0v) is 14.4. The van der Waals surface area contributed by atoms with Crippen LogP contribution in [0.4, 0.5) is 8.78 Å². The summed E-state index contributed by atoms with van der Waals surface area (Å²) in [4.78, 5) is 12.4. The van der Waals surface area contributed by atoms with Crippen molar-refractivity contribution in [1.29, 1.82) is 0 Å². The number of piperidine rings is 1. The molecule has 7 nitrogen and oxygen atoms in total. The van der Waals surface area contributed by atoms with Gasteiger partial charge in [-0.15, -0.1) is 5.10 Å². The number of carbonyl (C=O) groups excluding carboxylic acids is 1. The molecule has 1 aromatic carbocycles. The van der Waals surface area contributed by atoms with Gasteiger partial charge in [-0.05, 0) is 38.9 Å². The summed E-state index contributed by atoms with van der Waals surface area (Å²) in [5.74, 6) is -0.354. The maximum absolute atomic E-state index is 12.5. The fraction of sp³-hybridized carbons (Fsp3) is 0.471. The number of alkyl halides is 2. The van der Waals surface area contributed by atoms with E-state index in [1.807, 2.05) is 6.92 Å². The fourth-order valence-corrected chi connectivity index (χ4v) is 3.07. The third-order valence-electron chi connectivity index (χ3n) is 4.43. The number of benzene rings is 1. The normalized spacial score (nSPS) is 15.2. The Morgan fingerprint density at radius 3 is 2.85 bits per heavy atom. The van der Waals surface area contributed by atoms with Gasteiger partial charge in [-0.3, -0.25) is 4.79 Å². The highest BCUT2D eigenvalue weighted by molar-refractivity contribution is 5.93. The van der Waals surface area contributed by atoms with Crippen molar-refractivity contribution in [2.45, 2.75) is 39.0 Å². The summed E-state index contributed by atoms with van der Waals surface area (Å²) in [6.07, 6.45) is 1.87. The van der Waals surface area contributed by atoms with Crippen molar-refractivity contribution in [2.24, 2.45) is 0 Å². The number of nitrogens with zero attached hydrogens (tertiary/aromatic N) is 3. The van der Waals surface area contributed by atoms with E-state index in [9.17, 15) is 13.6 Å². The summed E-state index contributed by atoms with van der Waals surface area (Å²) in [5, 5.41) is 14.1. The first kappa shape index (κ1) is 18.2. The fourth-order valence-electron chi connectivity index (χ4n) is 3.07. The van der Waals surface area contributed by atoms with Crippen LogP contribution in [0.1, 0.15) is 40.6 Å². The minimum Gasteiger partial charge on any atom is -0.434 e. The summed E-state index contributed by atoms with van der Waals surface area (Å²) in [5.41, 5.74) is 1.41. The maximum Gasteiger partial charge on any atom is 0.387 e. The van der Waals surface area contributed by atoms with Gasteiger partial charge < -0.3 is 15.4 Å². The molecule has 2 aromatic rings. The molecule has 0 radical (unpaired) electrons. The van der Waals surface area contributed by atoms with Gasteiger partial charge in [0.25, 0.3) is 5.91 Å². The smallest absolute Gasteiger partial charge is 0.387 e. The van der Waals surface area contributed by atoms with E-state index in [4.69, 9.17) is 0 Å². The Labute approximate surface area is 149 Å². The van der Waals surface area contributed by atoms with Gasteiger partial charge in [-0.25, -0.2) is 4.68 Å². The van der Waals surface area contributed by atoms with Crippen LogP contribution in [-0.4, -0.2) is 40.6 Å². The van der Waals surface area contributed by atoms with Gasteiger partial charge in [0.05, 0.1) is 11.7 Å². The number of nitrogens with one attached hydrogen (secondary N) is 2. The van der Waals surface area contributed by atoms with Gasteiger partial charge in [0.2, 0.25) is 0 Å². The van der Waals surface area contributed by atoms with Crippen molar-refractivity contribution < 1.29 is 18.3 Å². The Morgan fingerprint density at radius 1 is 1.38 bits per heavy atom. The van der Waals surface area contributed by atoms with Crippen molar-refractivity contribution in [3.05, 3.63) is 41.2 Å². The molecule has 1 aromatic heterocycles. The van der Waals surface area contributed by atoms with Crippen LogP contribution >= 0.6 is 0 Å². The Bertz CT molecular complexity index is 759. The van der Waals surface area contributed by atoms with E-state index in [0.29, 0.717) is 11.3 Å². The molecule has 1 fully saturated rings. The minimum atomic E-state index is -2.92. The van der Waals surface area contributed by atoms with Crippen LogP contribution in [0.3, 0.4) is 0 Å². The first-order valence-electron chi connectivity index (χ1n) is 8.49. The number of para-hydroxylation sites is 1. The number of hydrogen-bond acceptors (Lipinski definition) is 5. The van der Waals surface area contributed by atoms with Gasteiger partial charge >= 0.3 is 6.61 Å². The first-order chi connectivity index (χ1) is 12.6. The van der Waals surface area contributed by atoms with Gasteiger partial charge in [0, 0.05) is 12.1 Å². The Balaban J connectivity index is 1.67. The van der Waals surface area contributed by atoms with Crippen molar-refractivity contribution in [3.8, 4) is 5.75 Å². The molecular formula is C17H21F2N5O2. The summed E-state index contributed by atoms with van der Waals surface area (Å²) in [7, 11) is 0. The van der Waals surface area contributed by atoms with Crippen LogP contribution in [0.2, 0.25) is 0 Å². The highest BCUT2D eigenvalue weighted by Crippen LogP contribution is 2.22. The molecule has 1 amide bonds. The second-order valence-corrected chi connectivity index (χ2v) is 6.12. The second kappa shape index (κ2) is 8.22. The molecule has 0 bridgehead atoms. The molecule has 1 aliphatic rings. The van der Waals surface area contributed by atoms with E-state index in [2.05, 4.69) is 25.7 Å². The Morgan fingerprint density at radius 2 is 2.12 bits per heavy atom. The zero-order valence-electron chi connectivity index (χ0n) is 14.4. The molecule has 0 unspecified atom stereocenters. The predicted octanol–water partition coefficient (Wildman–Crippen LogP) is 2.04. The standard InChI is InChI=1S/C17H21F2N5O2/c1-11-15(22-23-24(11)13-6-8-20-9-7-13)16(25)21-10-12-4-2-3-5-14(12)26-17(18)19/h2-5,13,17,20H,6-10H2,1H3,(H,21,25). The average Bonchev–Trinajstić information content (AvgIpc) is 3.02. The molecule has 0 spiro atoms. The van der Waals surface area contributed by atoms with Crippen molar-refractivity contribution in [3.63, 3.8) is 0 Å². The van der Waals surface area contributed by atoms with Crippen molar-refractivity contribution in [1.82, 2.24) is 25.6 Å². The van der Waals surface area contributed by atoms with Crippen LogP contribution < -0.4 is 15.4 Å². The molecule has 9 heteroatoms. The predicted molar refractivity (Wildman–Crippen MR) is 90.1 cm³/mol. The lowest BCUT2D eigenvalue weighted by atomic mass is 10.1. The lowest BCUT2D eigenvalue weighted by Crippen LogP contribution is -2.30. The molecular weight excluding hydrogens is 344 g/mol. The van der Waals surface area contributed by atoms with Crippen LogP contribution in [0.5, 0.6) is 5.75 Å². The summed E-state index contributed by atoms with van der Waals surface area (Å²) in [6, 6.07) is 6.57. The van der Waals surface area contributed by atoms with Crippen LogP contribution in [0, 0.1) is 6.92 Å². The third kappa shape index (κ3) is 4.16. The quantitative estimate of drug-likeness (QED) is 0.819. The number of carbonyl (C=O) groups is 1. The van der Waals surface area contributed by atoms with Gasteiger partial charge in [-0.2, -0.15) is 8.78 Å². The highest BCUT2D eigenvalue weighted by atomic mass is 19.3. The molecule has 26 heavy (non-hydrogen) atoms. The molecule has 3 rings (SSSR count).